The maximum absolute atomic E-state index is 12.3. The molecule has 25 heavy (non-hydrogen) atoms. The number of carbonyl (C=O) groups excluding carboxylic acids is 1. The molecule has 0 radical (unpaired) electrons. The van der Waals surface area contributed by atoms with Crippen molar-refractivity contribution >= 4 is 27.3 Å². The van der Waals surface area contributed by atoms with Crippen LogP contribution in [-0.2, 0) is 14.6 Å². The molecule has 2 aromatic carbocycles. The zero-order valence-electron chi connectivity index (χ0n) is 14.3. The van der Waals surface area contributed by atoms with Gasteiger partial charge in [0, 0.05) is 13.3 Å². The first-order chi connectivity index (χ1) is 11.7. The van der Waals surface area contributed by atoms with Gasteiger partial charge in [-0.2, -0.15) is 0 Å². The molecule has 0 bridgehead atoms. The molecule has 2 aromatic rings. The van der Waals surface area contributed by atoms with E-state index < -0.39 is 9.84 Å². The molecule has 0 saturated carbocycles. The molecule has 1 atom stereocenters. The maximum Gasteiger partial charge on any atom is 0.260 e. The fourth-order valence-electron chi connectivity index (χ4n) is 2.24. The lowest BCUT2D eigenvalue weighted by molar-refractivity contribution is -0.134. The summed E-state index contributed by atoms with van der Waals surface area (Å²) in [7, 11) is -1.56. The highest BCUT2D eigenvalue weighted by Gasteiger charge is 2.19. The van der Waals surface area contributed by atoms with E-state index in [1.165, 1.54) is 0 Å². The van der Waals surface area contributed by atoms with E-state index in [1.807, 2.05) is 6.92 Å². The quantitative estimate of drug-likeness (QED) is 0.769. The number of ether oxygens (including phenoxy) is 1. The van der Waals surface area contributed by atoms with Crippen molar-refractivity contribution in [1.82, 2.24) is 4.90 Å². The number of rotatable bonds is 6. The normalized spacial score (nSPS) is 12.5. The van der Waals surface area contributed by atoms with Crippen LogP contribution in [0.5, 0.6) is 5.75 Å². The SMILES string of the molecule is CC(c1ccc(S(C)(=O)=O)cc1)N(C)C(=O)COc1ccccc1Cl. The molecule has 0 saturated heterocycles. The van der Waals surface area contributed by atoms with Crippen LogP contribution in [0.1, 0.15) is 18.5 Å². The fraction of sp³-hybridized carbons (Fsp3) is 0.278. The highest BCUT2D eigenvalue weighted by Crippen LogP contribution is 2.24. The van der Waals surface area contributed by atoms with Crippen molar-refractivity contribution < 1.29 is 17.9 Å². The summed E-state index contributed by atoms with van der Waals surface area (Å²) in [6.07, 6.45) is 1.16. The Kier molecular flexibility index (Phi) is 6.08. The van der Waals surface area contributed by atoms with Crippen molar-refractivity contribution in [2.45, 2.75) is 17.9 Å². The fourth-order valence-corrected chi connectivity index (χ4v) is 3.06. The molecule has 0 aliphatic heterocycles. The van der Waals surface area contributed by atoms with Crippen LogP contribution in [0.25, 0.3) is 0 Å². The Morgan fingerprint density at radius 3 is 2.32 bits per heavy atom. The number of sulfone groups is 1. The van der Waals surface area contributed by atoms with E-state index in [9.17, 15) is 13.2 Å². The van der Waals surface area contributed by atoms with Gasteiger partial charge in [-0.1, -0.05) is 35.9 Å². The second-order valence-corrected chi connectivity index (χ2v) is 8.16. The van der Waals surface area contributed by atoms with Gasteiger partial charge >= 0.3 is 0 Å². The lowest BCUT2D eigenvalue weighted by Crippen LogP contribution is -2.33. The Bertz CT molecular complexity index is 850. The van der Waals surface area contributed by atoms with E-state index in [0.717, 1.165) is 11.8 Å². The first-order valence-electron chi connectivity index (χ1n) is 7.63. The zero-order chi connectivity index (χ0) is 18.6. The van der Waals surface area contributed by atoms with Gasteiger partial charge in [0.1, 0.15) is 5.75 Å². The molecule has 2 rings (SSSR count). The predicted molar refractivity (Wildman–Crippen MR) is 97.7 cm³/mol. The Labute approximate surface area is 153 Å². The molecule has 0 aliphatic rings. The molecule has 0 spiro atoms. The third-order valence-corrected chi connectivity index (χ3v) is 5.39. The first-order valence-corrected chi connectivity index (χ1v) is 9.90. The third kappa shape index (κ3) is 4.96. The highest BCUT2D eigenvalue weighted by molar-refractivity contribution is 7.90. The van der Waals surface area contributed by atoms with Gasteiger partial charge in [0.05, 0.1) is 16.0 Å². The number of benzene rings is 2. The zero-order valence-corrected chi connectivity index (χ0v) is 15.8. The maximum atomic E-state index is 12.3. The van der Waals surface area contributed by atoms with Crippen LogP contribution in [0.15, 0.2) is 53.4 Å². The van der Waals surface area contributed by atoms with Gasteiger partial charge in [0.15, 0.2) is 16.4 Å². The average molecular weight is 382 g/mol. The number of hydrogen-bond acceptors (Lipinski definition) is 4. The summed E-state index contributed by atoms with van der Waals surface area (Å²) < 4.78 is 28.5. The van der Waals surface area contributed by atoms with Gasteiger partial charge in [-0.3, -0.25) is 4.79 Å². The molecule has 0 aliphatic carbocycles. The number of hydrogen-bond donors (Lipinski definition) is 0. The van der Waals surface area contributed by atoms with Gasteiger partial charge in [-0.25, -0.2) is 8.42 Å². The highest BCUT2D eigenvalue weighted by atomic mass is 35.5. The van der Waals surface area contributed by atoms with Gasteiger partial charge in [0.2, 0.25) is 0 Å². The van der Waals surface area contributed by atoms with Crippen molar-refractivity contribution in [3.05, 3.63) is 59.1 Å². The number of nitrogens with zero attached hydrogens (tertiary/aromatic N) is 1. The van der Waals surface area contributed by atoms with Gasteiger partial charge in [0.25, 0.3) is 5.91 Å². The molecule has 134 valence electrons. The van der Waals surface area contributed by atoms with Crippen molar-refractivity contribution in [2.75, 3.05) is 19.9 Å². The molecule has 0 N–H and O–H groups in total. The minimum absolute atomic E-state index is 0.133. The van der Waals surface area contributed by atoms with Crippen LogP contribution in [0.2, 0.25) is 5.02 Å². The summed E-state index contributed by atoms with van der Waals surface area (Å²) >= 11 is 6.00. The summed E-state index contributed by atoms with van der Waals surface area (Å²) in [5.74, 6) is 0.246. The van der Waals surface area contributed by atoms with Gasteiger partial charge < -0.3 is 9.64 Å². The number of para-hydroxylation sites is 1. The van der Waals surface area contributed by atoms with Crippen LogP contribution in [-0.4, -0.2) is 39.1 Å². The van der Waals surface area contributed by atoms with E-state index >= 15 is 0 Å². The number of carbonyl (C=O) groups is 1. The topological polar surface area (TPSA) is 63.7 Å². The van der Waals surface area contributed by atoms with Crippen molar-refractivity contribution in [2.24, 2.45) is 0 Å². The lowest BCUT2D eigenvalue weighted by atomic mass is 10.1. The van der Waals surface area contributed by atoms with E-state index in [1.54, 1.807) is 60.5 Å². The Morgan fingerprint density at radius 2 is 1.76 bits per heavy atom. The van der Waals surface area contributed by atoms with E-state index in [-0.39, 0.29) is 23.5 Å². The number of amides is 1. The summed E-state index contributed by atoms with van der Waals surface area (Å²) in [6.45, 7) is 1.73. The van der Waals surface area contributed by atoms with Crippen LogP contribution < -0.4 is 4.74 Å². The van der Waals surface area contributed by atoms with Gasteiger partial charge in [-0.15, -0.1) is 0 Å². The smallest absolute Gasteiger partial charge is 0.260 e. The summed E-state index contributed by atoms with van der Waals surface area (Å²) in [5, 5.41) is 0.447. The minimum atomic E-state index is -3.24. The molecular formula is C18H20ClNO4S. The molecule has 7 heteroatoms. The molecular weight excluding hydrogens is 362 g/mol. The number of likely N-dealkylation sites (N-methyl/N-ethyl adjacent to an activating group) is 1. The second-order valence-electron chi connectivity index (χ2n) is 5.74. The Hall–Kier alpha value is -2.05. The standard InChI is InChI=1S/C18H20ClNO4S/c1-13(14-8-10-15(11-9-14)25(3,22)23)20(2)18(21)12-24-17-7-5-4-6-16(17)19/h4-11,13H,12H2,1-3H3. The predicted octanol–water partition coefficient (Wildman–Crippen LogP) is 3.34. The molecule has 1 unspecified atom stereocenters. The Morgan fingerprint density at radius 1 is 1.16 bits per heavy atom. The monoisotopic (exact) mass is 381 g/mol. The first kappa shape index (κ1) is 19.3. The summed E-state index contributed by atoms with van der Waals surface area (Å²) in [6, 6.07) is 13.2. The number of halogens is 1. The van der Waals surface area contributed by atoms with Crippen molar-refractivity contribution in [3.8, 4) is 5.75 Å². The molecule has 1 amide bonds. The van der Waals surface area contributed by atoms with Crippen molar-refractivity contribution in [1.29, 1.82) is 0 Å². The molecule has 0 aromatic heterocycles. The lowest BCUT2D eigenvalue weighted by Gasteiger charge is -2.25. The second kappa shape index (κ2) is 7.89. The molecule has 0 fully saturated rings. The Balaban J connectivity index is 2.02. The summed E-state index contributed by atoms with van der Waals surface area (Å²) in [5.41, 5.74) is 0.834. The van der Waals surface area contributed by atoms with Crippen molar-refractivity contribution in [3.63, 3.8) is 0 Å². The molecule has 0 heterocycles. The van der Waals surface area contributed by atoms with Crippen LogP contribution >= 0.6 is 11.6 Å². The van der Waals surface area contributed by atoms with Crippen LogP contribution in [0.4, 0.5) is 0 Å². The van der Waals surface area contributed by atoms with E-state index in [2.05, 4.69) is 0 Å². The largest absolute Gasteiger partial charge is 0.482 e. The van der Waals surface area contributed by atoms with Crippen LogP contribution in [0.3, 0.4) is 0 Å². The minimum Gasteiger partial charge on any atom is -0.482 e. The average Bonchev–Trinajstić information content (AvgIpc) is 2.59. The summed E-state index contributed by atoms with van der Waals surface area (Å²) in [4.78, 5) is 14.1. The van der Waals surface area contributed by atoms with E-state index in [0.29, 0.717) is 10.8 Å². The third-order valence-electron chi connectivity index (χ3n) is 3.95. The molecule has 5 nitrogen and oxygen atoms in total. The van der Waals surface area contributed by atoms with Crippen LogP contribution in [0, 0.1) is 0 Å². The van der Waals surface area contributed by atoms with E-state index in [4.69, 9.17) is 16.3 Å². The van der Waals surface area contributed by atoms with Gasteiger partial charge in [-0.05, 0) is 36.8 Å².